The molecule has 26 heavy (non-hydrogen) atoms. The number of benzene rings is 1. The molecular weight excluding hydrogens is 345 g/mol. The van der Waals surface area contributed by atoms with Gasteiger partial charge < -0.3 is 15.0 Å². The lowest BCUT2D eigenvalue weighted by Gasteiger charge is -2.27. The molecule has 3 atom stereocenters. The Morgan fingerprint density at radius 2 is 2.19 bits per heavy atom. The highest BCUT2D eigenvalue weighted by Gasteiger charge is 2.43. The number of ether oxygens (including phenoxy) is 1. The lowest BCUT2D eigenvalue weighted by atomic mass is 9.97. The fourth-order valence-corrected chi connectivity index (χ4v) is 3.75. The van der Waals surface area contributed by atoms with Gasteiger partial charge >= 0.3 is 12.2 Å². The number of carbonyl (C=O) groups is 1. The summed E-state index contributed by atoms with van der Waals surface area (Å²) in [4.78, 5) is 13.9. The number of hydrogen-bond donors (Lipinski definition) is 1. The number of rotatable bonds is 4. The van der Waals surface area contributed by atoms with Crippen molar-refractivity contribution in [3.8, 4) is 0 Å². The van der Waals surface area contributed by atoms with Gasteiger partial charge in [0.15, 0.2) is 0 Å². The zero-order chi connectivity index (χ0) is 18.7. The molecule has 0 radical (unpaired) electrons. The standard InChI is InChI=1S/C19H25F3N2O2/c1-13-4-2-5-14(10-13)15-7-8-24(12-15)18(25)23-17(19(20,21)22)11-16-6-3-9-26-16/h2,4-5,10,15-17H,3,6-9,11-12H2,1H3,(H,23,25). The highest BCUT2D eigenvalue weighted by Crippen LogP contribution is 2.30. The molecule has 2 fully saturated rings. The molecule has 0 bridgehead atoms. The Morgan fingerprint density at radius 3 is 2.85 bits per heavy atom. The third-order valence-electron chi connectivity index (χ3n) is 5.20. The number of aryl methyl sites for hydroxylation is 1. The number of nitrogens with one attached hydrogen (secondary N) is 1. The Morgan fingerprint density at radius 1 is 1.38 bits per heavy atom. The summed E-state index contributed by atoms with van der Waals surface area (Å²) < 4.78 is 45.3. The van der Waals surface area contributed by atoms with Crippen LogP contribution < -0.4 is 5.32 Å². The van der Waals surface area contributed by atoms with E-state index in [1.54, 1.807) is 0 Å². The van der Waals surface area contributed by atoms with E-state index >= 15 is 0 Å². The van der Waals surface area contributed by atoms with Gasteiger partial charge in [-0.05, 0) is 31.7 Å². The predicted molar refractivity (Wildman–Crippen MR) is 92.1 cm³/mol. The van der Waals surface area contributed by atoms with Crippen LogP contribution in [-0.2, 0) is 4.74 Å². The Kier molecular flexibility index (Phi) is 5.75. The number of nitrogens with zero attached hydrogens (tertiary/aromatic N) is 1. The first kappa shape index (κ1) is 19.0. The third-order valence-corrected chi connectivity index (χ3v) is 5.20. The zero-order valence-electron chi connectivity index (χ0n) is 14.9. The molecule has 4 nitrogen and oxygen atoms in total. The van der Waals surface area contributed by atoms with E-state index in [0.717, 1.165) is 24.0 Å². The van der Waals surface area contributed by atoms with Crippen LogP contribution in [0.25, 0.3) is 0 Å². The maximum atomic E-state index is 13.3. The second-order valence-corrected chi connectivity index (χ2v) is 7.26. The normalized spacial score (nSPS) is 24.7. The summed E-state index contributed by atoms with van der Waals surface area (Å²) in [6, 6.07) is 5.55. The van der Waals surface area contributed by atoms with Gasteiger partial charge in [-0.15, -0.1) is 0 Å². The van der Waals surface area contributed by atoms with Gasteiger partial charge in [0.1, 0.15) is 6.04 Å². The number of alkyl halides is 3. The van der Waals surface area contributed by atoms with Gasteiger partial charge in [0, 0.05) is 32.0 Å². The molecule has 1 N–H and O–H groups in total. The second-order valence-electron chi connectivity index (χ2n) is 7.26. The van der Waals surface area contributed by atoms with Crippen LogP contribution in [0.1, 0.15) is 42.7 Å². The maximum Gasteiger partial charge on any atom is 0.408 e. The first-order valence-corrected chi connectivity index (χ1v) is 9.13. The molecule has 2 aliphatic heterocycles. The lowest BCUT2D eigenvalue weighted by molar-refractivity contribution is -0.160. The van der Waals surface area contributed by atoms with E-state index in [1.807, 2.05) is 25.1 Å². The van der Waals surface area contributed by atoms with Crippen molar-refractivity contribution in [2.75, 3.05) is 19.7 Å². The minimum Gasteiger partial charge on any atom is -0.378 e. The first-order chi connectivity index (χ1) is 12.3. The van der Waals surface area contributed by atoms with Crippen molar-refractivity contribution in [1.29, 1.82) is 0 Å². The average Bonchev–Trinajstić information content (AvgIpc) is 3.25. The average molecular weight is 370 g/mol. The lowest BCUT2D eigenvalue weighted by Crippen LogP contribution is -2.51. The zero-order valence-corrected chi connectivity index (χ0v) is 14.9. The maximum absolute atomic E-state index is 13.3. The molecule has 144 valence electrons. The van der Waals surface area contributed by atoms with Crippen molar-refractivity contribution in [1.82, 2.24) is 10.2 Å². The molecule has 1 aromatic rings. The fraction of sp³-hybridized carbons (Fsp3) is 0.632. The number of amides is 2. The van der Waals surface area contributed by atoms with Crippen LogP contribution in [0.2, 0.25) is 0 Å². The van der Waals surface area contributed by atoms with Crippen molar-refractivity contribution in [2.24, 2.45) is 0 Å². The summed E-state index contributed by atoms with van der Waals surface area (Å²) in [5.41, 5.74) is 2.27. The van der Waals surface area contributed by atoms with Gasteiger partial charge in [-0.25, -0.2) is 4.79 Å². The molecule has 3 unspecified atom stereocenters. The number of hydrogen-bond acceptors (Lipinski definition) is 2. The molecule has 0 spiro atoms. The Bertz CT molecular complexity index is 629. The van der Waals surface area contributed by atoms with Crippen molar-refractivity contribution < 1.29 is 22.7 Å². The van der Waals surface area contributed by atoms with E-state index in [9.17, 15) is 18.0 Å². The Hall–Kier alpha value is -1.76. The summed E-state index contributed by atoms with van der Waals surface area (Å²) in [6.07, 6.45) is -2.98. The van der Waals surface area contributed by atoms with Crippen molar-refractivity contribution in [2.45, 2.75) is 56.8 Å². The highest BCUT2D eigenvalue weighted by molar-refractivity contribution is 5.75. The van der Waals surface area contributed by atoms with E-state index in [4.69, 9.17) is 4.74 Å². The van der Waals surface area contributed by atoms with E-state index in [2.05, 4.69) is 11.4 Å². The van der Waals surface area contributed by atoms with Crippen LogP contribution in [0.15, 0.2) is 24.3 Å². The third kappa shape index (κ3) is 4.69. The Labute approximate surface area is 151 Å². The van der Waals surface area contributed by atoms with E-state index in [0.29, 0.717) is 26.1 Å². The number of urea groups is 1. The van der Waals surface area contributed by atoms with Gasteiger partial charge in [-0.1, -0.05) is 29.8 Å². The number of likely N-dealkylation sites (tertiary alicyclic amines) is 1. The topological polar surface area (TPSA) is 41.6 Å². The summed E-state index contributed by atoms with van der Waals surface area (Å²) in [6.45, 7) is 3.41. The van der Waals surface area contributed by atoms with Crippen molar-refractivity contribution >= 4 is 6.03 Å². The smallest absolute Gasteiger partial charge is 0.378 e. The highest BCUT2D eigenvalue weighted by atomic mass is 19.4. The molecule has 3 rings (SSSR count). The number of carbonyl (C=O) groups excluding carboxylic acids is 1. The van der Waals surface area contributed by atoms with Gasteiger partial charge in [0.25, 0.3) is 0 Å². The number of halogens is 3. The fourth-order valence-electron chi connectivity index (χ4n) is 3.75. The van der Waals surface area contributed by atoms with Crippen LogP contribution in [0.4, 0.5) is 18.0 Å². The van der Waals surface area contributed by atoms with E-state index in [-0.39, 0.29) is 12.3 Å². The molecule has 2 heterocycles. The van der Waals surface area contributed by atoms with Gasteiger partial charge in [-0.2, -0.15) is 13.2 Å². The quantitative estimate of drug-likeness (QED) is 0.871. The molecule has 2 aliphatic rings. The van der Waals surface area contributed by atoms with Crippen LogP contribution in [0.3, 0.4) is 0 Å². The molecular formula is C19H25F3N2O2. The first-order valence-electron chi connectivity index (χ1n) is 9.13. The van der Waals surface area contributed by atoms with E-state index in [1.165, 1.54) is 4.90 Å². The molecule has 7 heteroatoms. The Balaban J connectivity index is 1.59. The second kappa shape index (κ2) is 7.86. The van der Waals surface area contributed by atoms with Crippen LogP contribution in [0.5, 0.6) is 0 Å². The van der Waals surface area contributed by atoms with E-state index < -0.39 is 24.4 Å². The molecule has 1 aromatic carbocycles. The summed E-state index contributed by atoms with van der Waals surface area (Å²) >= 11 is 0. The molecule has 2 amide bonds. The monoisotopic (exact) mass is 370 g/mol. The predicted octanol–water partition coefficient (Wildman–Crippen LogP) is 3.99. The van der Waals surface area contributed by atoms with Gasteiger partial charge in [0.2, 0.25) is 0 Å². The van der Waals surface area contributed by atoms with Gasteiger partial charge in [0.05, 0.1) is 6.10 Å². The molecule has 0 aromatic heterocycles. The minimum atomic E-state index is -4.47. The molecule has 0 aliphatic carbocycles. The van der Waals surface area contributed by atoms with Crippen molar-refractivity contribution in [3.63, 3.8) is 0 Å². The molecule has 2 saturated heterocycles. The van der Waals surface area contributed by atoms with Crippen LogP contribution in [0, 0.1) is 6.92 Å². The summed E-state index contributed by atoms with van der Waals surface area (Å²) in [7, 11) is 0. The molecule has 0 saturated carbocycles. The van der Waals surface area contributed by atoms with Gasteiger partial charge in [-0.3, -0.25) is 0 Å². The summed E-state index contributed by atoms with van der Waals surface area (Å²) in [5.74, 6) is 0.170. The largest absolute Gasteiger partial charge is 0.408 e. The minimum absolute atomic E-state index is 0.170. The van der Waals surface area contributed by atoms with Crippen LogP contribution in [-0.4, -0.2) is 48.9 Å². The summed E-state index contributed by atoms with van der Waals surface area (Å²) in [5, 5.41) is 2.19. The van der Waals surface area contributed by atoms with Crippen molar-refractivity contribution in [3.05, 3.63) is 35.4 Å². The van der Waals surface area contributed by atoms with Crippen LogP contribution >= 0.6 is 0 Å². The SMILES string of the molecule is Cc1cccc(C2CCN(C(=O)NC(CC3CCCO3)C(F)(F)F)C2)c1.